The second-order valence-corrected chi connectivity index (χ2v) is 5.32. The van der Waals surface area contributed by atoms with Gasteiger partial charge in [0, 0.05) is 19.1 Å². The minimum absolute atomic E-state index is 0.134. The number of aliphatic hydroxyl groups is 2. The van der Waals surface area contributed by atoms with E-state index in [0.717, 1.165) is 0 Å². The molecule has 0 saturated carbocycles. The summed E-state index contributed by atoms with van der Waals surface area (Å²) in [6, 6.07) is 5.91. The van der Waals surface area contributed by atoms with Crippen LogP contribution in [0.5, 0.6) is 5.75 Å². The summed E-state index contributed by atoms with van der Waals surface area (Å²) in [5, 5.41) is 19.4. The van der Waals surface area contributed by atoms with Crippen molar-refractivity contribution in [1.82, 2.24) is 4.90 Å². The maximum atomic E-state index is 12.7. The van der Waals surface area contributed by atoms with Crippen LogP contribution in [-0.2, 0) is 0 Å². The zero-order chi connectivity index (χ0) is 15.1. The molecule has 1 rings (SSSR count). The summed E-state index contributed by atoms with van der Waals surface area (Å²) < 4.78 is 18.1. The van der Waals surface area contributed by atoms with Crippen LogP contribution < -0.4 is 4.74 Å². The van der Waals surface area contributed by atoms with E-state index >= 15 is 0 Å². The second kappa shape index (κ2) is 8.19. The van der Waals surface area contributed by atoms with Crippen LogP contribution in [0.25, 0.3) is 0 Å². The van der Waals surface area contributed by atoms with Gasteiger partial charge in [0.1, 0.15) is 24.3 Å². The molecule has 0 radical (unpaired) electrons. The Hall–Kier alpha value is -1.17. The molecule has 0 aliphatic heterocycles. The van der Waals surface area contributed by atoms with Crippen molar-refractivity contribution in [2.75, 3.05) is 19.7 Å². The number of ether oxygens (including phenoxy) is 1. The van der Waals surface area contributed by atoms with Gasteiger partial charge in [0.05, 0.1) is 6.10 Å². The molecule has 114 valence electrons. The van der Waals surface area contributed by atoms with Gasteiger partial charge in [0.15, 0.2) is 0 Å². The molecule has 0 aromatic heterocycles. The summed E-state index contributed by atoms with van der Waals surface area (Å²) >= 11 is 0. The van der Waals surface area contributed by atoms with Crippen LogP contribution in [0.15, 0.2) is 24.3 Å². The molecule has 4 nitrogen and oxygen atoms in total. The van der Waals surface area contributed by atoms with E-state index < -0.39 is 12.2 Å². The highest BCUT2D eigenvalue weighted by atomic mass is 19.1. The van der Waals surface area contributed by atoms with Gasteiger partial charge < -0.3 is 14.9 Å². The molecule has 5 heteroatoms. The first-order valence-corrected chi connectivity index (χ1v) is 6.87. The molecular weight excluding hydrogens is 261 g/mol. The number of rotatable bonds is 8. The fraction of sp³-hybridized carbons (Fsp3) is 0.600. The summed E-state index contributed by atoms with van der Waals surface area (Å²) in [7, 11) is 0. The highest BCUT2D eigenvalue weighted by Crippen LogP contribution is 2.11. The number of hydrogen-bond donors (Lipinski definition) is 2. The SMILES string of the molecule is CC(O)CN(CC(O)COc1ccc(F)cc1)C(C)C. The van der Waals surface area contributed by atoms with E-state index in [1.54, 1.807) is 6.92 Å². The molecule has 2 N–H and O–H groups in total. The van der Waals surface area contributed by atoms with Crippen molar-refractivity contribution >= 4 is 0 Å². The molecular formula is C15H24FNO3. The zero-order valence-corrected chi connectivity index (χ0v) is 12.3. The van der Waals surface area contributed by atoms with E-state index in [4.69, 9.17) is 4.74 Å². The highest BCUT2D eigenvalue weighted by molar-refractivity contribution is 5.22. The predicted octanol–water partition coefficient (Wildman–Crippen LogP) is 1.66. The monoisotopic (exact) mass is 285 g/mol. The van der Waals surface area contributed by atoms with Gasteiger partial charge in [-0.3, -0.25) is 4.90 Å². The third-order valence-corrected chi connectivity index (χ3v) is 2.93. The van der Waals surface area contributed by atoms with Crippen molar-refractivity contribution in [3.05, 3.63) is 30.1 Å². The van der Waals surface area contributed by atoms with Crippen LogP contribution in [0, 0.1) is 5.82 Å². The topological polar surface area (TPSA) is 52.9 Å². The van der Waals surface area contributed by atoms with Crippen LogP contribution in [0.4, 0.5) is 4.39 Å². The van der Waals surface area contributed by atoms with Gasteiger partial charge in [-0.05, 0) is 45.0 Å². The third-order valence-electron chi connectivity index (χ3n) is 2.93. The van der Waals surface area contributed by atoms with E-state index in [-0.39, 0.29) is 18.5 Å². The third kappa shape index (κ3) is 6.32. The molecule has 0 amide bonds. The van der Waals surface area contributed by atoms with Gasteiger partial charge in [-0.1, -0.05) is 0 Å². The minimum atomic E-state index is -0.666. The number of nitrogens with zero attached hydrogens (tertiary/aromatic N) is 1. The van der Waals surface area contributed by atoms with Gasteiger partial charge in [-0.2, -0.15) is 0 Å². The first kappa shape index (κ1) is 16.9. The van der Waals surface area contributed by atoms with Gasteiger partial charge in [-0.15, -0.1) is 0 Å². The molecule has 0 aliphatic carbocycles. The molecule has 2 atom stereocenters. The lowest BCUT2D eigenvalue weighted by molar-refractivity contribution is 0.0365. The quantitative estimate of drug-likeness (QED) is 0.762. The van der Waals surface area contributed by atoms with Crippen molar-refractivity contribution < 1.29 is 19.3 Å². The minimum Gasteiger partial charge on any atom is -0.491 e. The molecule has 20 heavy (non-hydrogen) atoms. The molecule has 0 fully saturated rings. The Bertz CT molecular complexity index is 381. The number of benzene rings is 1. The lowest BCUT2D eigenvalue weighted by Gasteiger charge is -2.29. The van der Waals surface area contributed by atoms with E-state index in [0.29, 0.717) is 18.8 Å². The van der Waals surface area contributed by atoms with Gasteiger partial charge >= 0.3 is 0 Å². The van der Waals surface area contributed by atoms with E-state index in [9.17, 15) is 14.6 Å². The normalized spacial score (nSPS) is 14.6. The number of hydrogen-bond acceptors (Lipinski definition) is 4. The maximum Gasteiger partial charge on any atom is 0.123 e. The molecule has 1 aromatic rings. The number of aliphatic hydroxyl groups excluding tert-OH is 2. The standard InChI is InChI=1S/C15H24FNO3/c1-11(2)17(8-12(3)18)9-14(19)10-20-15-6-4-13(16)5-7-15/h4-7,11-12,14,18-19H,8-10H2,1-3H3. The lowest BCUT2D eigenvalue weighted by atomic mass is 10.2. The first-order chi connectivity index (χ1) is 9.38. The summed E-state index contributed by atoms with van der Waals surface area (Å²) in [5.41, 5.74) is 0. The van der Waals surface area contributed by atoms with Crippen molar-refractivity contribution in [1.29, 1.82) is 0 Å². The average molecular weight is 285 g/mol. The molecule has 0 bridgehead atoms. The lowest BCUT2D eigenvalue weighted by Crippen LogP contribution is -2.43. The largest absolute Gasteiger partial charge is 0.491 e. The molecule has 2 unspecified atom stereocenters. The van der Waals surface area contributed by atoms with Crippen molar-refractivity contribution in [3.8, 4) is 5.75 Å². The van der Waals surface area contributed by atoms with Gasteiger partial charge in [-0.25, -0.2) is 4.39 Å². The van der Waals surface area contributed by atoms with Gasteiger partial charge in [0.2, 0.25) is 0 Å². The first-order valence-electron chi connectivity index (χ1n) is 6.87. The second-order valence-electron chi connectivity index (χ2n) is 5.32. The average Bonchev–Trinajstić information content (AvgIpc) is 2.36. The Morgan fingerprint density at radius 2 is 1.70 bits per heavy atom. The van der Waals surface area contributed by atoms with Crippen LogP contribution in [-0.4, -0.2) is 53.1 Å². The smallest absolute Gasteiger partial charge is 0.123 e. The Morgan fingerprint density at radius 1 is 1.10 bits per heavy atom. The van der Waals surface area contributed by atoms with E-state index in [2.05, 4.69) is 0 Å². The Labute approximate surface area is 119 Å². The van der Waals surface area contributed by atoms with Gasteiger partial charge in [0.25, 0.3) is 0 Å². The Balaban J connectivity index is 2.41. The summed E-state index contributed by atoms with van der Waals surface area (Å²) in [4.78, 5) is 1.99. The number of halogens is 1. The van der Waals surface area contributed by atoms with Crippen molar-refractivity contribution in [2.24, 2.45) is 0 Å². The highest BCUT2D eigenvalue weighted by Gasteiger charge is 2.17. The molecule has 0 saturated heterocycles. The predicted molar refractivity (Wildman–Crippen MR) is 76.3 cm³/mol. The Kier molecular flexibility index (Phi) is 6.91. The van der Waals surface area contributed by atoms with Crippen molar-refractivity contribution in [3.63, 3.8) is 0 Å². The molecule has 0 aliphatic rings. The Morgan fingerprint density at radius 3 is 2.20 bits per heavy atom. The summed E-state index contributed by atoms with van der Waals surface area (Å²) in [5.74, 6) is 0.206. The van der Waals surface area contributed by atoms with Crippen LogP contribution in [0.2, 0.25) is 0 Å². The zero-order valence-electron chi connectivity index (χ0n) is 12.3. The molecule has 1 aromatic carbocycles. The van der Waals surface area contributed by atoms with Crippen LogP contribution in [0.1, 0.15) is 20.8 Å². The van der Waals surface area contributed by atoms with Crippen LogP contribution in [0.3, 0.4) is 0 Å². The van der Waals surface area contributed by atoms with E-state index in [1.165, 1.54) is 24.3 Å². The fourth-order valence-corrected chi connectivity index (χ4v) is 1.88. The van der Waals surface area contributed by atoms with E-state index in [1.807, 2.05) is 18.7 Å². The molecule has 0 spiro atoms. The molecule has 0 heterocycles. The van der Waals surface area contributed by atoms with Crippen LogP contribution >= 0.6 is 0 Å². The summed E-state index contributed by atoms with van der Waals surface area (Å²) in [6.45, 7) is 6.80. The summed E-state index contributed by atoms with van der Waals surface area (Å²) in [6.07, 6.45) is -1.11. The fourth-order valence-electron chi connectivity index (χ4n) is 1.88. The van der Waals surface area contributed by atoms with Crippen molar-refractivity contribution in [2.45, 2.75) is 39.0 Å². The maximum absolute atomic E-state index is 12.7.